The minimum absolute atomic E-state index is 0.166. The molecule has 1 aliphatic rings. The Balaban J connectivity index is 1.90. The van der Waals surface area contributed by atoms with Crippen LogP contribution in [0, 0.1) is 0 Å². The highest BCUT2D eigenvalue weighted by Gasteiger charge is 2.37. The Morgan fingerprint density at radius 3 is 2.70 bits per heavy atom. The third-order valence-electron chi connectivity index (χ3n) is 3.84. The summed E-state index contributed by atoms with van der Waals surface area (Å²) in [5.41, 5.74) is 5.70. The van der Waals surface area contributed by atoms with E-state index in [1.807, 2.05) is 0 Å². The summed E-state index contributed by atoms with van der Waals surface area (Å²) in [5, 5.41) is 3.89. The Bertz CT molecular complexity index is 406. The Morgan fingerprint density at radius 2 is 2.05 bits per heavy atom. The van der Waals surface area contributed by atoms with Gasteiger partial charge in [0.2, 0.25) is 5.89 Å². The lowest BCUT2D eigenvalue weighted by atomic mass is 9.74. The molecule has 0 bridgehead atoms. The van der Waals surface area contributed by atoms with Crippen molar-refractivity contribution >= 4 is 0 Å². The maximum absolute atomic E-state index is 11.9. The maximum atomic E-state index is 11.9. The van der Waals surface area contributed by atoms with Gasteiger partial charge in [0.05, 0.1) is 12.0 Å². The van der Waals surface area contributed by atoms with Gasteiger partial charge in [-0.05, 0) is 12.8 Å². The van der Waals surface area contributed by atoms with Gasteiger partial charge in [0.15, 0.2) is 5.82 Å². The molecule has 1 aromatic heterocycles. The molecule has 0 spiro atoms. The molecule has 1 aliphatic carbocycles. The fourth-order valence-corrected chi connectivity index (χ4v) is 2.64. The topological polar surface area (TPSA) is 74.2 Å². The van der Waals surface area contributed by atoms with E-state index in [4.69, 9.17) is 15.0 Å². The van der Waals surface area contributed by atoms with E-state index in [0.717, 1.165) is 25.7 Å². The maximum Gasteiger partial charge on any atom is 0.261 e. The molecule has 114 valence electrons. The van der Waals surface area contributed by atoms with Crippen LogP contribution in [0.25, 0.3) is 0 Å². The van der Waals surface area contributed by atoms with Crippen molar-refractivity contribution in [3.63, 3.8) is 0 Å². The molecule has 0 radical (unpaired) electrons. The van der Waals surface area contributed by atoms with Gasteiger partial charge in [0, 0.05) is 13.0 Å². The van der Waals surface area contributed by atoms with Gasteiger partial charge in [-0.25, -0.2) is 8.78 Å². The smallest absolute Gasteiger partial charge is 0.261 e. The van der Waals surface area contributed by atoms with Crippen LogP contribution in [0.1, 0.15) is 43.8 Å². The fraction of sp³-hybridized carbons (Fsp3) is 0.846. The Hall–Kier alpha value is -1.08. The van der Waals surface area contributed by atoms with Crippen molar-refractivity contribution in [2.75, 3.05) is 19.8 Å². The molecule has 1 heterocycles. The highest BCUT2D eigenvalue weighted by atomic mass is 19.3. The van der Waals surface area contributed by atoms with Crippen LogP contribution < -0.4 is 5.73 Å². The van der Waals surface area contributed by atoms with E-state index in [9.17, 15) is 8.78 Å². The van der Waals surface area contributed by atoms with Crippen LogP contribution >= 0.6 is 0 Å². The summed E-state index contributed by atoms with van der Waals surface area (Å²) in [5.74, 6) is 1.08. The quantitative estimate of drug-likeness (QED) is 0.778. The summed E-state index contributed by atoms with van der Waals surface area (Å²) < 4.78 is 34.0. The average molecular weight is 289 g/mol. The first kappa shape index (κ1) is 15.3. The average Bonchev–Trinajstić information content (AvgIpc) is 2.93. The van der Waals surface area contributed by atoms with E-state index < -0.39 is 13.0 Å². The van der Waals surface area contributed by atoms with E-state index in [0.29, 0.717) is 24.7 Å². The van der Waals surface area contributed by atoms with Crippen molar-refractivity contribution in [1.82, 2.24) is 10.1 Å². The van der Waals surface area contributed by atoms with Gasteiger partial charge in [-0.1, -0.05) is 24.4 Å². The molecule has 1 saturated carbocycles. The van der Waals surface area contributed by atoms with Gasteiger partial charge in [-0.3, -0.25) is 0 Å². The van der Waals surface area contributed by atoms with Crippen molar-refractivity contribution in [3.8, 4) is 0 Å². The molecule has 1 aromatic rings. The zero-order valence-corrected chi connectivity index (χ0v) is 11.5. The fourth-order valence-electron chi connectivity index (χ4n) is 2.64. The van der Waals surface area contributed by atoms with E-state index in [-0.39, 0.29) is 12.0 Å². The third kappa shape index (κ3) is 3.73. The molecular formula is C13H21F2N3O2. The number of halogens is 2. The Kier molecular flexibility index (Phi) is 5.42. The summed E-state index contributed by atoms with van der Waals surface area (Å²) in [6.45, 7) is 0.104. The second kappa shape index (κ2) is 7.08. The number of ether oxygens (including phenoxy) is 1. The van der Waals surface area contributed by atoms with E-state index in [2.05, 4.69) is 10.1 Å². The molecule has 0 atom stereocenters. The molecule has 0 aromatic carbocycles. The zero-order chi connectivity index (χ0) is 14.4. The zero-order valence-electron chi connectivity index (χ0n) is 11.5. The highest BCUT2D eigenvalue weighted by Crippen LogP contribution is 2.37. The number of aromatic nitrogens is 2. The largest absolute Gasteiger partial charge is 0.375 e. The number of rotatable bonds is 7. The number of alkyl halides is 2. The van der Waals surface area contributed by atoms with Crippen molar-refractivity contribution in [2.45, 2.75) is 50.4 Å². The predicted molar refractivity (Wildman–Crippen MR) is 68.6 cm³/mol. The van der Waals surface area contributed by atoms with Crippen LogP contribution in [-0.2, 0) is 16.6 Å². The van der Waals surface area contributed by atoms with Crippen LogP contribution in [0.15, 0.2) is 4.52 Å². The minimum atomic E-state index is -2.45. The minimum Gasteiger partial charge on any atom is -0.375 e. The van der Waals surface area contributed by atoms with Gasteiger partial charge in [-0.15, -0.1) is 0 Å². The molecule has 20 heavy (non-hydrogen) atoms. The van der Waals surface area contributed by atoms with Crippen LogP contribution in [0.5, 0.6) is 0 Å². The Morgan fingerprint density at radius 1 is 1.30 bits per heavy atom. The van der Waals surface area contributed by atoms with Gasteiger partial charge in [0.1, 0.15) is 6.61 Å². The van der Waals surface area contributed by atoms with Crippen molar-refractivity contribution < 1.29 is 18.0 Å². The molecule has 5 nitrogen and oxygen atoms in total. The van der Waals surface area contributed by atoms with Crippen molar-refractivity contribution in [1.29, 1.82) is 0 Å². The molecule has 1 fully saturated rings. The van der Waals surface area contributed by atoms with Gasteiger partial charge >= 0.3 is 0 Å². The monoisotopic (exact) mass is 289 g/mol. The van der Waals surface area contributed by atoms with Gasteiger partial charge < -0.3 is 15.0 Å². The lowest BCUT2D eigenvalue weighted by molar-refractivity contribution is 0.0182. The third-order valence-corrected chi connectivity index (χ3v) is 3.84. The van der Waals surface area contributed by atoms with Crippen LogP contribution in [0.2, 0.25) is 0 Å². The first-order valence-electron chi connectivity index (χ1n) is 7.05. The van der Waals surface area contributed by atoms with E-state index in [1.165, 1.54) is 6.42 Å². The van der Waals surface area contributed by atoms with Crippen molar-refractivity contribution in [2.24, 2.45) is 5.73 Å². The normalized spacial score (nSPS) is 18.6. The van der Waals surface area contributed by atoms with Crippen LogP contribution in [-0.4, -0.2) is 36.3 Å². The summed E-state index contributed by atoms with van der Waals surface area (Å²) >= 11 is 0. The molecule has 2 rings (SSSR count). The molecule has 0 unspecified atom stereocenters. The number of nitrogens with two attached hydrogens (primary N) is 1. The lowest BCUT2D eigenvalue weighted by Crippen LogP contribution is -2.37. The molecule has 0 aliphatic heterocycles. The molecule has 7 heteroatoms. The van der Waals surface area contributed by atoms with E-state index in [1.54, 1.807) is 0 Å². The predicted octanol–water partition coefficient (Wildman–Crippen LogP) is 2.05. The number of hydrogen-bond donors (Lipinski definition) is 1. The summed E-state index contributed by atoms with van der Waals surface area (Å²) in [4.78, 5) is 4.37. The number of nitrogens with zero attached hydrogens (tertiary/aromatic N) is 2. The van der Waals surface area contributed by atoms with Crippen molar-refractivity contribution in [3.05, 3.63) is 11.7 Å². The second-order valence-electron chi connectivity index (χ2n) is 5.28. The first-order chi connectivity index (χ1) is 9.66. The van der Waals surface area contributed by atoms with E-state index >= 15 is 0 Å². The molecule has 0 amide bonds. The second-order valence-corrected chi connectivity index (χ2v) is 5.28. The van der Waals surface area contributed by atoms with Crippen LogP contribution in [0.4, 0.5) is 8.78 Å². The SMILES string of the molecule is NCC1(c2nc(CCOCC(F)F)no2)CCCCC1. The van der Waals surface area contributed by atoms with Gasteiger partial charge in [-0.2, -0.15) is 4.98 Å². The molecule has 2 N–H and O–H groups in total. The van der Waals surface area contributed by atoms with Gasteiger partial charge in [0.25, 0.3) is 6.43 Å². The summed E-state index contributed by atoms with van der Waals surface area (Å²) in [6.07, 6.45) is 3.30. The number of hydrogen-bond acceptors (Lipinski definition) is 5. The highest BCUT2D eigenvalue weighted by molar-refractivity contribution is 5.08. The lowest BCUT2D eigenvalue weighted by Gasteiger charge is -2.32. The first-order valence-corrected chi connectivity index (χ1v) is 7.05. The summed E-state index contributed by atoms with van der Waals surface area (Å²) in [7, 11) is 0. The summed E-state index contributed by atoms with van der Waals surface area (Å²) in [6, 6.07) is 0. The van der Waals surface area contributed by atoms with Crippen LogP contribution in [0.3, 0.4) is 0 Å². The Labute approximate surface area is 116 Å². The molecular weight excluding hydrogens is 268 g/mol. The standard InChI is InChI=1S/C13H21F2N3O2/c14-10(15)8-19-7-4-11-17-12(20-18-11)13(9-16)5-2-1-3-6-13/h10H,1-9,16H2. The molecule has 0 saturated heterocycles.